The molecule has 4 fully saturated rings. The summed E-state index contributed by atoms with van der Waals surface area (Å²) >= 11 is 0. The van der Waals surface area contributed by atoms with Gasteiger partial charge in [-0.05, 0) is 217 Å². The number of rotatable bonds is 12. The number of benzene rings is 8. The predicted molar refractivity (Wildman–Crippen MR) is 400 cm³/mol. The van der Waals surface area contributed by atoms with Crippen molar-refractivity contribution in [2.24, 2.45) is 45.3 Å². The van der Waals surface area contributed by atoms with Gasteiger partial charge in [0.25, 0.3) is 0 Å². The minimum absolute atomic E-state index is 0.141. The van der Waals surface area contributed by atoms with E-state index in [1.165, 1.54) is 54.6 Å². The summed E-state index contributed by atoms with van der Waals surface area (Å²) in [6, 6.07) is 31.0. The minimum atomic E-state index is -1.29. The van der Waals surface area contributed by atoms with Gasteiger partial charge in [0.05, 0.1) is 24.4 Å². The van der Waals surface area contributed by atoms with Crippen molar-refractivity contribution in [2.45, 2.75) is 208 Å². The third-order valence-corrected chi connectivity index (χ3v) is 23.0. The van der Waals surface area contributed by atoms with Crippen LogP contribution in [0.3, 0.4) is 0 Å². The Morgan fingerprint density at radius 2 is 0.423 bits per heavy atom. The van der Waals surface area contributed by atoms with Gasteiger partial charge in [-0.3, -0.25) is 0 Å². The highest BCUT2D eigenvalue weighted by molar-refractivity contribution is 5.69. The zero-order chi connectivity index (χ0) is 74.5. The van der Waals surface area contributed by atoms with Crippen molar-refractivity contribution in [1.29, 1.82) is 0 Å². The Kier molecular flexibility index (Phi) is 19.3. The average Bonchev–Trinajstić information content (AvgIpc) is 0.737. The maximum Gasteiger partial charge on any atom is 0.157 e. The molecule has 0 heterocycles. The van der Waals surface area contributed by atoms with Gasteiger partial charge in [0.2, 0.25) is 0 Å². The minimum Gasteiger partial charge on any atom is -0.507 e. The Morgan fingerprint density at radius 1 is 0.231 bits per heavy atom. The summed E-state index contributed by atoms with van der Waals surface area (Å²) in [4.78, 5) is 0. The fourth-order valence-electron chi connectivity index (χ4n) is 19.7. The standard InChI is InChI=1S/C88H104O16/c1-45-21-53(41-85(5,6)37-45)101-77-33-69(93)57-29-61(77)82(50-14-18-66(90)74(98)26-50)59-31-62(78(35-71(59)95)102-54-22-46(2)38-86(7,8)42-54)83(51-15-19-67(91)75(99)27-51)60-32-64(80(36-72(60)96)104-56-24-48(4)40-88(11,12)44-56)84(52-16-20-68(92)76(100)28-52)63-30-58(81(57)49-13-17-65(89)73(97)25-49)70(94)34-79(63)103-55-23-47(3)39-87(9,10)43-55/h13-20,25-36,45-48,53-56,81-84,89-100H,21-24,37-44H2,1-12H3. The van der Waals surface area contributed by atoms with Gasteiger partial charge in [-0.1, -0.05) is 107 Å². The van der Waals surface area contributed by atoms with Crippen molar-refractivity contribution in [3.8, 4) is 92.0 Å². The molecule has 12 N–H and O–H groups in total. The molecule has 8 aromatic rings. The van der Waals surface area contributed by atoms with Gasteiger partial charge in [-0.15, -0.1) is 0 Å². The van der Waals surface area contributed by atoms with E-state index in [2.05, 4.69) is 83.1 Å². The summed E-state index contributed by atoms with van der Waals surface area (Å²) in [5.74, 6) is -7.89. The molecule has 0 amide bonds. The van der Waals surface area contributed by atoms with Crippen molar-refractivity contribution in [3.05, 3.63) is 188 Å². The van der Waals surface area contributed by atoms with E-state index in [1.54, 1.807) is 60.7 Å². The van der Waals surface area contributed by atoms with Gasteiger partial charge in [0.15, 0.2) is 46.0 Å². The van der Waals surface area contributed by atoms with E-state index in [0.717, 1.165) is 25.7 Å². The Bertz CT molecular complexity index is 4570. The molecule has 12 unspecified atom stereocenters. The zero-order valence-corrected chi connectivity index (χ0v) is 62.0. The number of hydrogen-bond donors (Lipinski definition) is 12. The molecule has 8 bridgehead atoms. The predicted octanol–water partition coefficient (Wildman–Crippen LogP) is 19.6. The van der Waals surface area contributed by atoms with Crippen LogP contribution in [-0.4, -0.2) is 85.7 Å². The van der Waals surface area contributed by atoms with Gasteiger partial charge in [0.1, 0.15) is 46.0 Å². The lowest BCUT2D eigenvalue weighted by molar-refractivity contribution is 0.0544. The van der Waals surface area contributed by atoms with Gasteiger partial charge in [0, 0.05) is 92.4 Å². The molecule has 104 heavy (non-hydrogen) atoms. The van der Waals surface area contributed by atoms with Crippen LogP contribution < -0.4 is 18.9 Å². The first kappa shape index (κ1) is 72.9. The Balaban J connectivity index is 1.23. The van der Waals surface area contributed by atoms with Crippen molar-refractivity contribution in [1.82, 2.24) is 0 Å². The molecule has 0 aromatic heterocycles. The summed E-state index contributed by atoms with van der Waals surface area (Å²) in [6.45, 7) is 26.4. The normalized spacial score (nSPS) is 26.2. The number of hydrogen-bond acceptors (Lipinski definition) is 16. The molecule has 552 valence electrons. The maximum absolute atomic E-state index is 13.6. The van der Waals surface area contributed by atoms with Crippen molar-refractivity contribution < 1.29 is 80.2 Å². The van der Waals surface area contributed by atoms with E-state index in [1.807, 2.05) is 6.07 Å². The Hall–Kier alpha value is -9.44. The quantitative estimate of drug-likeness (QED) is 0.0507. The first-order valence-electron chi connectivity index (χ1n) is 37.1. The van der Waals surface area contributed by atoms with Crippen molar-refractivity contribution in [3.63, 3.8) is 0 Å². The second kappa shape index (κ2) is 27.6. The van der Waals surface area contributed by atoms with Crippen LogP contribution in [0.1, 0.15) is 251 Å². The molecule has 12 atom stereocenters. The molecule has 13 rings (SSSR count). The molecule has 0 aliphatic heterocycles. The number of fused-ring (bicyclic) bond motifs is 8. The van der Waals surface area contributed by atoms with Crippen LogP contribution in [0.15, 0.2) is 121 Å². The number of ether oxygens (including phenoxy) is 4. The number of aromatic hydroxyl groups is 12. The smallest absolute Gasteiger partial charge is 0.157 e. The molecule has 0 spiro atoms. The molecule has 16 nitrogen and oxygen atoms in total. The first-order chi connectivity index (χ1) is 48.9. The van der Waals surface area contributed by atoms with E-state index in [0.29, 0.717) is 90.3 Å². The molecule has 16 heteroatoms. The third kappa shape index (κ3) is 15.1. The summed E-state index contributed by atoms with van der Waals surface area (Å²) in [5.41, 5.74) is 2.86. The average molecular weight is 1420 g/mol. The molecule has 5 aliphatic rings. The van der Waals surface area contributed by atoms with Crippen LogP contribution in [0, 0.1) is 45.3 Å². The van der Waals surface area contributed by atoms with E-state index in [-0.39, 0.29) is 119 Å². The van der Waals surface area contributed by atoms with Crippen LogP contribution in [0.2, 0.25) is 0 Å². The lowest BCUT2D eigenvalue weighted by atomic mass is 9.71. The van der Waals surface area contributed by atoms with Crippen LogP contribution in [0.25, 0.3) is 0 Å². The number of phenolic OH excluding ortho intramolecular Hbond substituents is 12. The van der Waals surface area contributed by atoms with Crippen LogP contribution in [0.5, 0.6) is 92.0 Å². The van der Waals surface area contributed by atoms with Gasteiger partial charge < -0.3 is 80.2 Å². The fraction of sp³-hybridized carbons (Fsp3) is 0.455. The van der Waals surface area contributed by atoms with Crippen LogP contribution in [-0.2, 0) is 0 Å². The highest BCUT2D eigenvalue weighted by Gasteiger charge is 2.43. The van der Waals surface area contributed by atoms with Gasteiger partial charge >= 0.3 is 0 Å². The lowest BCUT2D eigenvalue weighted by Gasteiger charge is -2.40. The third-order valence-electron chi connectivity index (χ3n) is 23.0. The SMILES string of the molecule is CC1CC(Oc2cc(O)c3cc2C(c2ccc(O)c(O)c2)c2cc(c(OC4CC(C)CC(C)(C)C4)cc2O)C(c2ccc(O)c(O)c2)c2cc(c(OC4CC(C)CC(C)(C)C4)cc2O)C(c2ccc(O)c(O)c2)c2cc(c(O)cc2OC2CC(C)CC(C)(C)C2)C3c2ccc(O)c(O)c2)CC(C)(C)C1. The molecule has 5 aliphatic carbocycles. The zero-order valence-electron chi connectivity index (χ0n) is 62.0. The van der Waals surface area contributed by atoms with Crippen molar-refractivity contribution >= 4 is 0 Å². The molecule has 8 aromatic carbocycles. The van der Waals surface area contributed by atoms with E-state index in [9.17, 15) is 61.3 Å². The number of phenols is 12. The lowest BCUT2D eigenvalue weighted by Crippen LogP contribution is -2.35. The summed E-state index contributed by atoms with van der Waals surface area (Å²) in [6.07, 6.45) is 7.17. The Labute approximate surface area is 610 Å². The summed E-state index contributed by atoms with van der Waals surface area (Å²) < 4.78 is 29.7. The molecule has 4 saturated carbocycles. The van der Waals surface area contributed by atoms with Crippen LogP contribution in [0.4, 0.5) is 0 Å². The van der Waals surface area contributed by atoms with Crippen molar-refractivity contribution in [2.75, 3.05) is 0 Å². The maximum atomic E-state index is 13.6. The highest BCUT2D eigenvalue weighted by atomic mass is 16.5. The van der Waals surface area contributed by atoms with Gasteiger partial charge in [-0.25, -0.2) is 0 Å². The fourth-order valence-corrected chi connectivity index (χ4v) is 19.7. The molecule has 0 radical (unpaired) electrons. The topological polar surface area (TPSA) is 280 Å². The monoisotopic (exact) mass is 1420 g/mol. The van der Waals surface area contributed by atoms with Gasteiger partial charge in [-0.2, -0.15) is 0 Å². The summed E-state index contributed by atoms with van der Waals surface area (Å²) in [7, 11) is 0. The van der Waals surface area contributed by atoms with E-state index >= 15 is 0 Å². The molecule has 0 saturated heterocycles. The van der Waals surface area contributed by atoms with E-state index < -0.39 is 94.1 Å². The highest BCUT2D eigenvalue weighted by Crippen LogP contribution is 2.58. The summed E-state index contributed by atoms with van der Waals surface area (Å²) in [5, 5.41) is 146. The first-order valence-corrected chi connectivity index (χ1v) is 37.1. The largest absolute Gasteiger partial charge is 0.507 e. The van der Waals surface area contributed by atoms with Crippen LogP contribution >= 0.6 is 0 Å². The second-order valence-corrected chi connectivity index (χ2v) is 35.1. The Morgan fingerprint density at radius 3 is 0.615 bits per heavy atom. The molecular formula is C88H104O16. The second-order valence-electron chi connectivity index (χ2n) is 35.1. The van der Waals surface area contributed by atoms with E-state index in [4.69, 9.17) is 18.9 Å². The molecular weight excluding hydrogens is 1310 g/mol.